The first-order valence-corrected chi connectivity index (χ1v) is 8.18. The number of guanidine groups is 1. The summed E-state index contributed by atoms with van der Waals surface area (Å²) in [5.41, 5.74) is 6.88. The van der Waals surface area contributed by atoms with Crippen LogP contribution >= 0.6 is 0 Å². The minimum Gasteiger partial charge on any atom is -0.492 e. The van der Waals surface area contributed by atoms with E-state index in [4.69, 9.17) is 10.5 Å². The van der Waals surface area contributed by atoms with E-state index < -0.39 is 0 Å². The van der Waals surface area contributed by atoms with E-state index in [-0.39, 0.29) is 0 Å². The molecule has 0 bridgehead atoms. The minimum atomic E-state index is 0.486. The quantitative estimate of drug-likeness (QED) is 0.514. The van der Waals surface area contributed by atoms with Gasteiger partial charge in [0.1, 0.15) is 12.4 Å². The Morgan fingerprint density at radius 2 is 1.95 bits per heavy atom. The first-order valence-electron chi connectivity index (χ1n) is 8.18. The van der Waals surface area contributed by atoms with Gasteiger partial charge in [-0.25, -0.2) is 4.99 Å². The summed E-state index contributed by atoms with van der Waals surface area (Å²) in [4.78, 5) is 6.70. The van der Waals surface area contributed by atoms with Crippen molar-refractivity contribution in [3.8, 4) is 5.75 Å². The SMILES string of the molecule is CCCNC(N)=NCc1ccccc1OCCN(CC)CC. The number of para-hydroxylation sites is 1. The lowest BCUT2D eigenvalue weighted by molar-refractivity contribution is 0.221. The number of nitrogens with zero attached hydrogens (tertiary/aromatic N) is 2. The number of nitrogens with two attached hydrogens (primary N) is 1. The summed E-state index contributed by atoms with van der Waals surface area (Å²) >= 11 is 0. The maximum atomic E-state index is 5.91. The number of hydrogen-bond acceptors (Lipinski definition) is 3. The Morgan fingerprint density at radius 3 is 2.64 bits per heavy atom. The molecule has 22 heavy (non-hydrogen) atoms. The molecule has 0 saturated carbocycles. The molecule has 1 aromatic carbocycles. The molecule has 5 heteroatoms. The van der Waals surface area contributed by atoms with Gasteiger partial charge in [-0.3, -0.25) is 0 Å². The highest BCUT2D eigenvalue weighted by atomic mass is 16.5. The van der Waals surface area contributed by atoms with Crippen molar-refractivity contribution in [3.05, 3.63) is 29.8 Å². The monoisotopic (exact) mass is 306 g/mol. The summed E-state index contributed by atoms with van der Waals surface area (Å²) in [6, 6.07) is 8.00. The lowest BCUT2D eigenvalue weighted by Crippen LogP contribution is -2.32. The highest BCUT2D eigenvalue weighted by Crippen LogP contribution is 2.18. The Balaban J connectivity index is 2.54. The van der Waals surface area contributed by atoms with Crippen molar-refractivity contribution in [3.63, 3.8) is 0 Å². The second kappa shape index (κ2) is 10.9. The number of aliphatic imine (C=N–C) groups is 1. The zero-order valence-electron chi connectivity index (χ0n) is 14.1. The topological polar surface area (TPSA) is 62.9 Å². The molecular formula is C17H30N4O. The molecule has 0 atom stereocenters. The smallest absolute Gasteiger partial charge is 0.188 e. The predicted molar refractivity (Wildman–Crippen MR) is 93.3 cm³/mol. The first-order chi connectivity index (χ1) is 10.7. The molecule has 0 amide bonds. The van der Waals surface area contributed by atoms with E-state index in [1.807, 2.05) is 24.3 Å². The van der Waals surface area contributed by atoms with Gasteiger partial charge in [0.2, 0.25) is 0 Å². The molecule has 0 spiro atoms. The maximum Gasteiger partial charge on any atom is 0.188 e. The van der Waals surface area contributed by atoms with Gasteiger partial charge in [-0.1, -0.05) is 39.0 Å². The molecule has 124 valence electrons. The molecule has 0 saturated heterocycles. The number of benzene rings is 1. The highest BCUT2D eigenvalue weighted by molar-refractivity contribution is 5.77. The van der Waals surface area contributed by atoms with Gasteiger partial charge in [0.15, 0.2) is 5.96 Å². The van der Waals surface area contributed by atoms with Crippen molar-refractivity contribution < 1.29 is 4.74 Å². The Morgan fingerprint density at radius 1 is 1.23 bits per heavy atom. The summed E-state index contributed by atoms with van der Waals surface area (Å²) in [5.74, 6) is 1.38. The van der Waals surface area contributed by atoms with Crippen molar-refractivity contribution in [2.45, 2.75) is 33.7 Å². The lowest BCUT2D eigenvalue weighted by Gasteiger charge is -2.18. The third-order valence-corrected chi connectivity index (χ3v) is 3.51. The molecule has 3 N–H and O–H groups in total. The lowest BCUT2D eigenvalue weighted by atomic mass is 10.2. The predicted octanol–water partition coefficient (Wildman–Crippen LogP) is 2.22. The summed E-state index contributed by atoms with van der Waals surface area (Å²) in [6.07, 6.45) is 1.03. The molecule has 0 radical (unpaired) electrons. The Bertz CT molecular complexity index is 444. The van der Waals surface area contributed by atoms with Crippen LogP contribution in [0.5, 0.6) is 5.75 Å². The first kappa shape index (κ1) is 18.3. The van der Waals surface area contributed by atoms with E-state index in [1.165, 1.54) is 0 Å². The van der Waals surface area contributed by atoms with Crippen molar-refractivity contribution >= 4 is 5.96 Å². The molecule has 5 nitrogen and oxygen atoms in total. The third kappa shape index (κ3) is 6.80. The van der Waals surface area contributed by atoms with E-state index in [1.54, 1.807) is 0 Å². The average molecular weight is 306 g/mol. The van der Waals surface area contributed by atoms with Gasteiger partial charge in [-0.2, -0.15) is 0 Å². The number of nitrogens with one attached hydrogen (secondary N) is 1. The van der Waals surface area contributed by atoms with E-state index in [0.717, 1.165) is 43.9 Å². The molecule has 0 heterocycles. The molecule has 0 unspecified atom stereocenters. The Hall–Kier alpha value is -1.75. The average Bonchev–Trinajstić information content (AvgIpc) is 2.56. The van der Waals surface area contributed by atoms with Gasteiger partial charge in [-0.15, -0.1) is 0 Å². The fourth-order valence-corrected chi connectivity index (χ4v) is 2.08. The molecule has 1 rings (SSSR count). The minimum absolute atomic E-state index is 0.486. The molecule has 0 aliphatic rings. The van der Waals surface area contributed by atoms with Gasteiger partial charge >= 0.3 is 0 Å². The van der Waals surface area contributed by atoms with Gasteiger partial charge < -0.3 is 20.7 Å². The van der Waals surface area contributed by atoms with E-state index >= 15 is 0 Å². The molecule has 1 aromatic rings. The fraction of sp³-hybridized carbons (Fsp3) is 0.588. The highest BCUT2D eigenvalue weighted by Gasteiger charge is 2.04. The third-order valence-electron chi connectivity index (χ3n) is 3.51. The fourth-order valence-electron chi connectivity index (χ4n) is 2.08. The van der Waals surface area contributed by atoms with Gasteiger partial charge in [0, 0.05) is 18.7 Å². The van der Waals surface area contributed by atoms with Crippen LogP contribution < -0.4 is 15.8 Å². The van der Waals surface area contributed by atoms with Gasteiger partial charge in [0.05, 0.1) is 6.54 Å². The van der Waals surface area contributed by atoms with Crippen molar-refractivity contribution in [1.82, 2.24) is 10.2 Å². The van der Waals surface area contributed by atoms with Crippen molar-refractivity contribution in [1.29, 1.82) is 0 Å². The van der Waals surface area contributed by atoms with Crippen LogP contribution in [-0.4, -0.2) is 43.6 Å². The van der Waals surface area contributed by atoms with Crippen LogP contribution in [0, 0.1) is 0 Å². The second-order valence-corrected chi connectivity index (χ2v) is 5.11. The van der Waals surface area contributed by atoms with Crippen LogP contribution in [0.3, 0.4) is 0 Å². The second-order valence-electron chi connectivity index (χ2n) is 5.11. The number of rotatable bonds is 10. The molecule has 0 aromatic heterocycles. The van der Waals surface area contributed by atoms with Crippen molar-refractivity contribution in [2.75, 3.05) is 32.8 Å². The standard InChI is InChI=1S/C17H30N4O/c1-4-11-19-17(18)20-14-15-9-7-8-10-16(15)22-13-12-21(5-2)6-3/h7-10H,4-6,11-14H2,1-3H3,(H3,18,19,20). The van der Waals surface area contributed by atoms with E-state index in [9.17, 15) is 0 Å². The van der Waals surface area contributed by atoms with Crippen LogP contribution in [0.15, 0.2) is 29.3 Å². The normalized spacial score (nSPS) is 11.7. The Labute approximate surface area is 134 Å². The zero-order valence-corrected chi connectivity index (χ0v) is 14.1. The van der Waals surface area contributed by atoms with E-state index in [2.05, 4.69) is 36.0 Å². The largest absolute Gasteiger partial charge is 0.492 e. The zero-order chi connectivity index (χ0) is 16.2. The molecule has 0 aliphatic heterocycles. The summed E-state index contributed by atoms with van der Waals surface area (Å²) in [5, 5.41) is 3.08. The summed E-state index contributed by atoms with van der Waals surface area (Å²) < 4.78 is 5.91. The van der Waals surface area contributed by atoms with Gasteiger partial charge in [0.25, 0.3) is 0 Å². The van der Waals surface area contributed by atoms with Crippen LogP contribution in [0.1, 0.15) is 32.8 Å². The molecule has 0 fully saturated rings. The number of likely N-dealkylation sites (N-methyl/N-ethyl adjacent to an activating group) is 1. The molecule has 0 aliphatic carbocycles. The molecular weight excluding hydrogens is 276 g/mol. The Kier molecular flexibility index (Phi) is 9.07. The van der Waals surface area contributed by atoms with Crippen LogP contribution in [0.25, 0.3) is 0 Å². The van der Waals surface area contributed by atoms with Crippen LogP contribution in [0.2, 0.25) is 0 Å². The van der Waals surface area contributed by atoms with Crippen LogP contribution in [-0.2, 0) is 6.54 Å². The van der Waals surface area contributed by atoms with Crippen molar-refractivity contribution in [2.24, 2.45) is 10.7 Å². The van der Waals surface area contributed by atoms with E-state index in [0.29, 0.717) is 19.1 Å². The summed E-state index contributed by atoms with van der Waals surface area (Å²) in [7, 11) is 0. The summed E-state index contributed by atoms with van der Waals surface area (Å²) in [6.45, 7) is 11.5. The maximum absolute atomic E-state index is 5.91. The van der Waals surface area contributed by atoms with Gasteiger partial charge in [-0.05, 0) is 25.6 Å². The number of ether oxygens (including phenoxy) is 1. The number of hydrogen-bond donors (Lipinski definition) is 2. The van der Waals surface area contributed by atoms with Crippen LogP contribution in [0.4, 0.5) is 0 Å².